The molecule has 0 amide bonds. The number of carbonyl (C=O) groups excluding carboxylic acids is 2. The number of methoxy groups -OCH3 is 1. The van der Waals surface area contributed by atoms with Crippen LogP contribution in [0.2, 0.25) is 0 Å². The van der Waals surface area contributed by atoms with Crippen molar-refractivity contribution < 1.29 is 24.2 Å². The van der Waals surface area contributed by atoms with E-state index in [-0.39, 0.29) is 35.0 Å². The zero-order valence-corrected chi connectivity index (χ0v) is 23.2. The van der Waals surface area contributed by atoms with Gasteiger partial charge in [0.05, 0.1) is 18.8 Å². The largest absolute Gasteiger partial charge is 0.469 e. The van der Waals surface area contributed by atoms with Crippen LogP contribution in [0.25, 0.3) is 0 Å². The summed E-state index contributed by atoms with van der Waals surface area (Å²) in [5, 5.41) is 11.8. The highest BCUT2D eigenvalue weighted by atomic mass is 16.5. The lowest BCUT2D eigenvalue weighted by molar-refractivity contribution is -0.175. The van der Waals surface area contributed by atoms with Crippen molar-refractivity contribution in [1.29, 1.82) is 0 Å². The van der Waals surface area contributed by atoms with E-state index in [9.17, 15) is 14.7 Å². The number of carbonyl (C=O) groups is 2. The van der Waals surface area contributed by atoms with E-state index in [1.807, 2.05) is 30.3 Å². The predicted molar refractivity (Wildman–Crippen MR) is 143 cm³/mol. The fraction of sp³-hybridized carbons (Fsp3) is 0.750. The Morgan fingerprint density at radius 1 is 1.03 bits per heavy atom. The van der Waals surface area contributed by atoms with Gasteiger partial charge in [0.25, 0.3) is 0 Å². The smallest absolute Gasteiger partial charge is 0.338 e. The van der Waals surface area contributed by atoms with Crippen LogP contribution in [-0.2, 0) is 14.3 Å². The van der Waals surface area contributed by atoms with Gasteiger partial charge in [-0.2, -0.15) is 0 Å². The molecule has 0 radical (unpaired) electrons. The number of hydrogen-bond donors (Lipinski definition) is 1. The van der Waals surface area contributed by atoms with Gasteiger partial charge in [-0.3, -0.25) is 4.79 Å². The van der Waals surface area contributed by atoms with Crippen LogP contribution in [0.3, 0.4) is 0 Å². The van der Waals surface area contributed by atoms with Crippen molar-refractivity contribution >= 4 is 11.9 Å². The number of benzene rings is 1. The number of esters is 2. The Morgan fingerprint density at radius 2 is 1.78 bits per heavy atom. The van der Waals surface area contributed by atoms with Gasteiger partial charge in [0, 0.05) is 6.42 Å². The first-order chi connectivity index (χ1) is 17.7. The molecule has 1 aromatic rings. The Labute approximate surface area is 222 Å². The monoisotopic (exact) mass is 510 g/mol. The molecule has 0 aliphatic heterocycles. The molecule has 0 spiro atoms. The highest BCUT2D eigenvalue weighted by molar-refractivity contribution is 5.89. The molecular formula is C32H46O5. The molecule has 5 nitrogen and oxygen atoms in total. The maximum Gasteiger partial charge on any atom is 0.338 e. The van der Waals surface area contributed by atoms with E-state index < -0.39 is 0 Å². The van der Waals surface area contributed by atoms with Gasteiger partial charge in [0.2, 0.25) is 0 Å². The number of ether oxygens (including phenoxy) is 2. The Morgan fingerprint density at radius 3 is 2.51 bits per heavy atom. The van der Waals surface area contributed by atoms with E-state index in [0.717, 1.165) is 38.5 Å². The van der Waals surface area contributed by atoms with Crippen LogP contribution in [0, 0.1) is 46.3 Å². The summed E-state index contributed by atoms with van der Waals surface area (Å²) in [6.07, 6.45) is 9.59. The number of hydrogen-bond acceptors (Lipinski definition) is 5. The van der Waals surface area contributed by atoms with Crippen molar-refractivity contribution in [3.05, 3.63) is 35.9 Å². The molecule has 4 saturated carbocycles. The van der Waals surface area contributed by atoms with Gasteiger partial charge < -0.3 is 14.6 Å². The third-order valence-electron chi connectivity index (χ3n) is 11.8. The second kappa shape index (κ2) is 10.4. The molecule has 0 aromatic heterocycles. The summed E-state index contributed by atoms with van der Waals surface area (Å²) in [6.45, 7) is 7.11. The predicted octanol–water partition coefficient (Wildman–Crippen LogP) is 6.43. The summed E-state index contributed by atoms with van der Waals surface area (Å²) in [5.74, 6) is 2.82. The quantitative estimate of drug-likeness (QED) is 0.447. The third-order valence-corrected chi connectivity index (χ3v) is 11.8. The van der Waals surface area contributed by atoms with Gasteiger partial charge in [0.15, 0.2) is 0 Å². The molecule has 1 aromatic carbocycles. The molecule has 0 saturated heterocycles. The minimum absolute atomic E-state index is 0.00682. The lowest BCUT2D eigenvalue weighted by atomic mass is 9.43. The fourth-order valence-corrected chi connectivity index (χ4v) is 9.69. The van der Waals surface area contributed by atoms with Crippen LogP contribution in [-0.4, -0.2) is 36.4 Å². The fourth-order valence-electron chi connectivity index (χ4n) is 9.69. The lowest BCUT2D eigenvalue weighted by Crippen LogP contribution is -2.59. The molecule has 4 fully saturated rings. The molecular weight excluding hydrogens is 464 g/mol. The number of fused-ring (bicyclic) bond motifs is 5. The van der Waals surface area contributed by atoms with Crippen LogP contribution in [0.15, 0.2) is 30.3 Å². The summed E-state index contributed by atoms with van der Waals surface area (Å²) in [7, 11) is 1.46. The normalized spacial score (nSPS) is 41.6. The first-order valence-electron chi connectivity index (χ1n) is 14.7. The number of aliphatic hydroxyl groups excluding tert-OH is 1. The first kappa shape index (κ1) is 26.7. The topological polar surface area (TPSA) is 72.8 Å². The van der Waals surface area contributed by atoms with Crippen LogP contribution in [0.4, 0.5) is 0 Å². The number of aliphatic hydroxyl groups is 1. The zero-order chi connectivity index (χ0) is 26.4. The maximum atomic E-state index is 12.7. The van der Waals surface area contributed by atoms with Crippen molar-refractivity contribution in [3.8, 4) is 0 Å². The minimum Gasteiger partial charge on any atom is -0.469 e. The molecule has 4 aliphatic carbocycles. The molecule has 0 heterocycles. The minimum atomic E-state index is -0.295. The van der Waals surface area contributed by atoms with Crippen molar-refractivity contribution in [2.24, 2.45) is 46.3 Å². The Kier molecular flexibility index (Phi) is 7.48. The van der Waals surface area contributed by atoms with Gasteiger partial charge in [-0.25, -0.2) is 4.79 Å². The maximum absolute atomic E-state index is 12.7. The van der Waals surface area contributed by atoms with E-state index in [0.29, 0.717) is 47.5 Å². The molecule has 10 atom stereocenters. The second-order valence-electron chi connectivity index (χ2n) is 13.2. The average molecular weight is 511 g/mol. The van der Waals surface area contributed by atoms with Crippen LogP contribution in [0.5, 0.6) is 0 Å². The van der Waals surface area contributed by atoms with Crippen LogP contribution in [0.1, 0.15) is 95.3 Å². The van der Waals surface area contributed by atoms with E-state index in [1.54, 1.807) is 0 Å². The Balaban J connectivity index is 1.27. The summed E-state index contributed by atoms with van der Waals surface area (Å²) in [4.78, 5) is 24.5. The van der Waals surface area contributed by atoms with E-state index in [1.165, 1.54) is 26.4 Å². The number of rotatable bonds is 6. The van der Waals surface area contributed by atoms with E-state index in [2.05, 4.69) is 20.8 Å². The SMILES string of the molecule is COC(=O)CC[C@H](C)[C@@H]1CC[C@@H]2[C@@H]3CC[C@H]4C[C@H](OC(=O)c5ccccc5)CC[C@]4(C)[C@H]3C[C@H](O)[C@@]21C. The van der Waals surface area contributed by atoms with Crippen molar-refractivity contribution in [2.45, 2.75) is 97.2 Å². The summed E-state index contributed by atoms with van der Waals surface area (Å²) in [5.41, 5.74) is 0.767. The summed E-state index contributed by atoms with van der Waals surface area (Å²) in [6, 6.07) is 9.33. The zero-order valence-electron chi connectivity index (χ0n) is 23.2. The van der Waals surface area contributed by atoms with Gasteiger partial charge in [0.1, 0.15) is 6.10 Å². The molecule has 5 heteroatoms. The molecule has 4 aliphatic rings. The third kappa shape index (κ3) is 4.64. The second-order valence-corrected chi connectivity index (χ2v) is 13.2. The average Bonchev–Trinajstić information content (AvgIpc) is 3.27. The van der Waals surface area contributed by atoms with E-state index >= 15 is 0 Å². The van der Waals surface area contributed by atoms with E-state index in [4.69, 9.17) is 9.47 Å². The standard InChI is InChI=1S/C32H46O5/c1-20(10-15-29(34)36-4)25-13-14-26-24-12-11-22-18-23(37-30(35)21-8-6-5-7-9-21)16-17-31(22,2)27(24)19-28(33)32(25,26)3/h5-9,20,22-28,33H,10-19H2,1-4H3/t20-,22-,23+,24-,25-,26+,27-,28-,31-,32+/m0/s1. The first-order valence-corrected chi connectivity index (χ1v) is 14.7. The molecule has 0 bridgehead atoms. The van der Waals surface area contributed by atoms with Gasteiger partial charge in [-0.15, -0.1) is 0 Å². The lowest BCUT2D eigenvalue weighted by Gasteiger charge is -2.62. The Bertz CT molecular complexity index is 977. The molecule has 0 unspecified atom stereocenters. The summed E-state index contributed by atoms with van der Waals surface area (Å²) >= 11 is 0. The van der Waals surface area contributed by atoms with Crippen LogP contribution >= 0.6 is 0 Å². The highest BCUT2D eigenvalue weighted by Crippen LogP contribution is 2.68. The molecule has 1 N–H and O–H groups in total. The Hall–Kier alpha value is -1.88. The van der Waals surface area contributed by atoms with Gasteiger partial charge >= 0.3 is 11.9 Å². The molecule has 204 valence electrons. The van der Waals surface area contributed by atoms with Crippen LogP contribution < -0.4 is 0 Å². The van der Waals surface area contributed by atoms with Crippen molar-refractivity contribution in [3.63, 3.8) is 0 Å². The molecule has 5 rings (SSSR count). The van der Waals surface area contributed by atoms with Gasteiger partial charge in [-0.1, -0.05) is 39.0 Å². The van der Waals surface area contributed by atoms with Crippen molar-refractivity contribution in [1.82, 2.24) is 0 Å². The summed E-state index contributed by atoms with van der Waals surface area (Å²) < 4.78 is 10.9. The highest BCUT2D eigenvalue weighted by Gasteiger charge is 2.63. The van der Waals surface area contributed by atoms with Gasteiger partial charge in [-0.05, 0) is 116 Å². The van der Waals surface area contributed by atoms with Crippen molar-refractivity contribution in [2.75, 3.05) is 7.11 Å². The molecule has 37 heavy (non-hydrogen) atoms.